The molecule has 156 valence electrons. The van der Waals surface area contributed by atoms with Gasteiger partial charge >= 0.3 is 0 Å². The molecule has 1 atom stereocenters. The molecule has 0 fully saturated rings. The molecule has 0 saturated carbocycles. The second-order valence-corrected chi connectivity index (χ2v) is 6.45. The van der Waals surface area contributed by atoms with E-state index < -0.39 is 6.10 Å². The highest BCUT2D eigenvalue weighted by Crippen LogP contribution is 2.36. The van der Waals surface area contributed by atoms with E-state index in [1.54, 1.807) is 18.2 Å². The number of hydrogen-bond acceptors (Lipinski definition) is 7. The van der Waals surface area contributed by atoms with Crippen LogP contribution in [0.5, 0.6) is 28.7 Å². The predicted molar refractivity (Wildman–Crippen MR) is 105 cm³/mol. The van der Waals surface area contributed by atoms with Crippen LogP contribution >= 0.6 is 0 Å². The van der Waals surface area contributed by atoms with Crippen molar-refractivity contribution in [1.82, 2.24) is 5.32 Å². The topological polar surface area (TPSA) is 95.5 Å². The molecule has 3 rings (SSSR count). The first-order valence-electron chi connectivity index (χ1n) is 9.27. The molecular weight excluding hydrogens is 378 g/mol. The number of ether oxygens (including phenoxy) is 5. The number of benzene rings is 2. The molecule has 0 saturated heterocycles. The van der Waals surface area contributed by atoms with Gasteiger partial charge in [0.2, 0.25) is 18.4 Å². The summed E-state index contributed by atoms with van der Waals surface area (Å²) in [5, 5.41) is 12.8. The molecule has 0 aliphatic carbocycles. The van der Waals surface area contributed by atoms with Crippen molar-refractivity contribution in [3.63, 3.8) is 0 Å². The molecule has 29 heavy (non-hydrogen) atoms. The molecule has 1 heterocycles. The summed E-state index contributed by atoms with van der Waals surface area (Å²) < 4.78 is 26.7. The van der Waals surface area contributed by atoms with Gasteiger partial charge in [-0.2, -0.15) is 0 Å². The highest BCUT2D eigenvalue weighted by atomic mass is 16.7. The molecule has 8 nitrogen and oxygen atoms in total. The fourth-order valence-electron chi connectivity index (χ4n) is 2.87. The van der Waals surface area contributed by atoms with Crippen LogP contribution in [-0.4, -0.2) is 51.3 Å². The lowest BCUT2D eigenvalue weighted by Gasteiger charge is -2.17. The Balaban J connectivity index is 1.41. The Hall–Kier alpha value is -3.13. The van der Waals surface area contributed by atoms with Gasteiger partial charge in [-0.05, 0) is 36.2 Å². The number of para-hydroxylation sites is 1. The Labute approximate surface area is 169 Å². The summed E-state index contributed by atoms with van der Waals surface area (Å²) in [6, 6.07) is 10.9. The van der Waals surface area contributed by atoms with Crippen LogP contribution in [0.3, 0.4) is 0 Å². The Kier molecular flexibility index (Phi) is 7.02. The number of aliphatic hydroxyl groups excluding tert-OH is 1. The average molecular weight is 403 g/mol. The summed E-state index contributed by atoms with van der Waals surface area (Å²) in [7, 11) is 3.05. The third-order valence-corrected chi connectivity index (χ3v) is 4.42. The number of aryl methyl sites for hydroxylation is 1. The largest absolute Gasteiger partial charge is 0.493 e. The number of rotatable bonds is 10. The molecule has 0 aromatic heterocycles. The fourth-order valence-corrected chi connectivity index (χ4v) is 2.87. The van der Waals surface area contributed by atoms with Crippen LogP contribution in [0, 0.1) is 0 Å². The number of amides is 1. The second-order valence-electron chi connectivity index (χ2n) is 6.45. The first-order chi connectivity index (χ1) is 14.1. The molecule has 0 spiro atoms. The Morgan fingerprint density at radius 1 is 1.14 bits per heavy atom. The molecule has 1 aliphatic rings. The van der Waals surface area contributed by atoms with Gasteiger partial charge in [0, 0.05) is 13.0 Å². The van der Waals surface area contributed by atoms with Crippen molar-refractivity contribution < 1.29 is 33.6 Å². The van der Waals surface area contributed by atoms with Gasteiger partial charge in [-0.3, -0.25) is 4.79 Å². The van der Waals surface area contributed by atoms with Crippen molar-refractivity contribution in [1.29, 1.82) is 0 Å². The van der Waals surface area contributed by atoms with Gasteiger partial charge in [0.25, 0.3) is 0 Å². The molecule has 1 unspecified atom stereocenters. The van der Waals surface area contributed by atoms with Gasteiger partial charge in [-0.1, -0.05) is 12.1 Å². The minimum atomic E-state index is -0.876. The summed E-state index contributed by atoms with van der Waals surface area (Å²) >= 11 is 0. The van der Waals surface area contributed by atoms with Gasteiger partial charge in [0.15, 0.2) is 23.0 Å². The summed E-state index contributed by atoms with van der Waals surface area (Å²) in [4.78, 5) is 12.1. The highest BCUT2D eigenvalue weighted by Gasteiger charge is 2.16. The van der Waals surface area contributed by atoms with Crippen LogP contribution in [0.2, 0.25) is 0 Å². The van der Waals surface area contributed by atoms with Gasteiger partial charge in [-0.25, -0.2) is 0 Å². The average Bonchev–Trinajstić information content (AvgIpc) is 3.22. The number of methoxy groups -OCH3 is 2. The lowest BCUT2D eigenvalue weighted by Crippen LogP contribution is -2.35. The fraction of sp³-hybridized carbons (Fsp3) is 0.381. The van der Waals surface area contributed by atoms with Crippen molar-refractivity contribution in [2.45, 2.75) is 18.9 Å². The monoisotopic (exact) mass is 403 g/mol. The van der Waals surface area contributed by atoms with Crippen LogP contribution in [0.15, 0.2) is 36.4 Å². The third kappa shape index (κ3) is 5.45. The van der Waals surface area contributed by atoms with Crippen molar-refractivity contribution in [2.24, 2.45) is 0 Å². The van der Waals surface area contributed by atoms with Crippen LogP contribution in [0.25, 0.3) is 0 Å². The minimum absolute atomic E-state index is 0.0147. The van der Waals surface area contributed by atoms with Crippen molar-refractivity contribution in [3.8, 4) is 28.7 Å². The van der Waals surface area contributed by atoms with Crippen LogP contribution in [0.4, 0.5) is 0 Å². The van der Waals surface area contributed by atoms with E-state index in [2.05, 4.69) is 5.32 Å². The molecule has 0 bridgehead atoms. The Morgan fingerprint density at radius 3 is 2.59 bits per heavy atom. The Morgan fingerprint density at radius 2 is 1.86 bits per heavy atom. The summed E-state index contributed by atoms with van der Waals surface area (Å²) in [5.74, 6) is 2.67. The van der Waals surface area contributed by atoms with Gasteiger partial charge < -0.3 is 34.1 Å². The van der Waals surface area contributed by atoms with E-state index in [9.17, 15) is 9.90 Å². The van der Waals surface area contributed by atoms with E-state index >= 15 is 0 Å². The zero-order chi connectivity index (χ0) is 20.6. The second kappa shape index (κ2) is 9.88. The maximum absolute atomic E-state index is 12.1. The van der Waals surface area contributed by atoms with Crippen LogP contribution < -0.4 is 29.0 Å². The molecule has 2 N–H and O–H groups in total. The van der Waals surface area contributed by atoms with Crippen molar-refractivity contribution >= 4 is 5.91 Å². The number of carbonyl (C=O) groups excluding carboxylic acids is 1. The van der Waals surface area contributed by atoms with Crippen molar-refractivity contribution in [3.05, 3.63) is 42.0 Å². The van der Waals surface area contributed by atoms with E-state index in [0.29, 0.717) is 41.6 Å². The first kappa shape index (κ1) is 20.6. The number of nitrogens with one attached hydrogen (secondary N) is 1. The molecule has 0 radical (unpaired) electrons. The maximum Gasteiger partial charge on any atom is 0.231 e. The minimum Gasteiger partial charge on any atom is -0.493 e. The molecular formula is C21H25NO7. The quantitative estimate of drug-likeness (QED) is 0.626. The standard InChI is InChI=1S/C21H25NO7/c1-25-17-4-3-5-18(26-2)21(17)27-12-15(23)11-22-20(24)9-7-14-6-8-16-19(10-14)29-13-28-16/h3-6,8,10,15,23H,7,9,11-13H2,1-2H3,(H,22,24). The summed E-state index contributed by atoms with van der Waals surface area (Å²) in [5.41, 5.74) is 0.983. The molecule has 8 heteroatoms. The van der Waals surface area contributed by atoms with Gasteiger partial charge in [0.1, 0.15) is 12.7 Å². The molecule has 2 aromatic carbocycles. The van der Waals surface area contributed by atoms with E-state index in [4.69, 9.17) is 23.7 Å². The van der Waals surface area contributed by atoms with Gasteiger partial charge in [-0.15, -0.1) is 0 Å². The molecule has 1 amide bonds. The summed E-state index contributed by atoms with van der Waals surface area (Å²) in [6.45, 7) is 0.288. The number of fused-ring (bicyclic) bond motifs is 1. The lowest BCUT2D eigenvalue weighted by atomic mass is 10.1. The van der Waals surface area contributed by atoms with Crippen LogP contribution in [-0.2, 0) is 11.2 Å². The zero-order valence-corrected chi connectivity index (χ0v) is 16.5. The zero-order valence-electron chi connectivity index (χ0n) is 16.5. The predicted octanol–water partition coefficient (Wildman–Crippen LogP) is 1.92. The summed E-state index contributed by atoms with van der Waals surface area (Å²) in [6.07, 6.45) is -0.0137. The van der Waals surface area contributed by atoms with E-state index in [0.717, 1.165) is 5.56 Å². The normalized spacial score (nSPS) is 12.9. The number of carbonyl (C=O) groups is 1. The third-order valence-electron chi connectivity index (χ3n) is 4.42. The smallest absolute Gasteiger partial charge is 0.231 e. The molecule has 1 aliphatic heterocycles. The van der Waals surface area contributed by atoms with Crippen molar-refractivity contribution in [2.75, 3.05) is 34.2 Å². The first-order valence-corrected chi connectivity index (χ1v) is 9.27. The van der Waals surface area contributed by atoms with E-state index in [1.165, 1.54) is 14.2 Å². The lowest BCUT2D eigenvalue weighted by molar-refractivity contribution is -0.121. The Bertz CT molecular complexity index is 818. The number of hydrogen-bond donors (Lipinski definition) is 2. The maximum atomic E-state index is 12.1. The van der Waals surface area contributed by atoms with E-state index in [1.807, 2.05) is 18.2 Å². The van der Waals surface area contributed by atoms with Gasteiger partial charge in [0.05, 0.1) is 14.2 Å². The highest BCUT2D eigenvalue weighted by molar-refractivity contribution is 5.76. The molecule has 2 aromatic rings. The van der Waals surface area contributed by atoms with Crippen LogP contribution in [0.1, 0.15) is 12.0 Å². The SMILES string of the molecule is COc1cccc(OC)c1OCC(O)CNC(=O)CCc1ccc2c(c1)OCO2. The van der Waals surface area contributed by atoms with E-state index in [-0.39, 0.29) is 25.9 Å². The number of aliphatic hydroxyl groups is 1.